The normalized spacial score (nSPS) is 16.0. The Balaban J connectivity index is 1.52. The molecule has 0 bridgehead atoms. The van der Waals surface area contributed by atoms with E-state index in [1.54, 1.807) is 47.9 Å². The van der Waals surface area contributed by atoms with Gasteiger partial charge in [-0.05, 0) is 41.8 Å². The molecule has 4 rings (SSSR count). The van der Waals surface area contributed by atoms with E-state index in [0.717, 1.165) is 10.6 Å². The van der Waals surface area contributed by atoms with E-state index in [0.29, 0.717) is 23.5 Å². The highest BCUT2D eigenvalue weighted by Gasteiger charge is 2.35. The van der Waals surface area contributed by atoms with Crippen LogP contribution in [-0.2, 0) is 4.79 Å². The summed E-state index contributed by atoms with van der Waals surface area (Å²) in [6.45, 7) is -0.173. The molecule has 27 heavy (non-hydrogen) atoms. The van der Waals surface area contributed by atoms with Crippen molar-refractivity contribution in [3.63, 3.8) is 0 Å². The molecule has 0 aliphatic carbocycles. The molecule has 0 spiro atoms. The Morgan fingerprint density at radius 3 is 3.00 bits per heavy atom. The van der Waals surface area contributed by atoms with Crippen LogP contribution >= 0.6 is 11.3 Å². The molecule has 0 radical (unpaired) electrons. The van der Waals surface area contributed by atoms with E-state index in [-0.39, 0.29) is 18.6 Å². The molecule has 0 saturated carbocycles. The third kappa shape index (κ3) is 3.61. The number of ether oxygens (including phenoxy) is 1. The fraction of sp³-hybridized carbons (Fsp3) is 0.150. The van der Waals surface area contributed by atoms with Crippen LogP contribution in [0, 0.1) is 11.3 Å². The van der Waals surface area contributed by atoms with E-state index in [1.807, 2.05) is 29.6 Å². The van der Waals surface area contributed by atoms with Gasteiger partial charge in [0.1, 0.15) is 17.6 Å². The van der Waals surface area contributed by atoms with Crippen LogP contribution in [0.25, 0.3) is 0 Å². The van der Waals surface area contributed by atoms with Gasteiger partial charge in [-0.1, -0.05) is 12.1 Å². The van der Waals surface area contributed by atoms with E-state index in [2.05, 4.69) is 5.10 Å². The summed E-state index contributed by atoms with van der Waals surface area (Å²) in [5.41, 5.74) is 1.33. The Bertz CT molecular complexity index is 1000. The Morgan fingerprint density at radius 2 is 2.26 bits per heavy atom. The zero-order valence-electron chi connectivity index (χ0n) is 14.2. The number of nitriles is 1. The maximum Gasteiger partial charge on any atom is 0.281 e. The number of hydrogen-bond donors (Lipinski definition) is 0. The Labute approximate surface area is 159 Å². The van der Waals surface area contributed by atoms with Crippen LogP contribution in [0.5, 0.6) is 5.75 Å². The molecule has 1 atom stereocenters. The van der Waals surface area contributed by atoms with Gasteiger partial charge in [0.05, 0.1) is 28.5 Å². The number of amides is 1. The Kier molecular flexibility index (Phi) is 4.73. The van der Waals surface area contributed by atoms with E-state index in [1.165, 1.54) is 5.01 Å². The summed E-state index contributed by atoms with van der Waals surface area (Å²) in [7, 11) is 0. The van der Waals surface area contributed by atoms with Gasteiger partial charge < -0.3 is 9.15 Å². The van der Waals surface area contributed by atoms with Gasteiger partial charge in [0.25, 0.3) is 5.91 Å². The number of benzene rings is 1. The first-order chi connectivity index (χ1) is 13.2. The smallest absolute Gasteiger partial charge is 0.281 e. The molecule has 134 valence electrons. The van der Waals surface area contributed by atoms with E-state index < -0.39 is 0 Å². The van der Waals surface area contributed by atoms with Crippen molar-refractivity contribution in [3.8, 4) is 11.8 Å². The molecule has 7 heteroatoms. The molecular formula is C20H15N3O3S. The first-order valence-corrected chi connectivity index (χ1v) is 9.22. The molecule has 0 fully saturated rings. The highest BCUT2D eigenvalue weighted by atomic mass is 32.1. The highest BCUT2D eigenvalue weighted by molar-refractivity contribution is 7.12. The van der Waals surface area contributed by atoms with Crippen molar-refractivity contribution in [1.82, 2.24) is 5.01 Å². The Hall–Kier alpha value is -3.37. The van der Waals surface area contributed by atoms with Gasteiger partial charge in [-0.25, -0.2) is 5.01 Å². The second-order valence-corrected chi connectivity index (χ2v) is 6.87. The average molecular weight is 377 g/mol. The van der Waals surface area contributed by atoms with E-state index in [4.69, 9.17) is 14.4 Å². The van der Waals surface area contributed by atoms with Crippen LogP contribution in [0.4, 0.5) is 0 Å². The zero-order valence-corrected chi connectivity index (χ0v) is 15.1. The summed E-state index contributed by atoms with van der Waals surface area (Å²) in [5.74, 6) is 0.883. The largest absolute Gasteiger partial charge is 0.484 e. The Morgan fingerprint density at radius 1 is 1.33 bits per heavy atom. The van der Waals surface area contributed by atoms with Crippen LogP contribution in [0.2, 0.25) is 0 Å². The van der Waals surface area contributed by atoms with E-state index >= 15 is 0 Å². The van der Waals surface area contributed by atoms with Crippen LogP contribution in [-0.4, -0.2) is 23.2 Å². The standard InChI is InChI=1S/C20H15N3O3S/c21-12-14-4-1-5-15(10-14)26-13-20(24)23-17(18-6-2-8-25-18)11-16(22-23)19-7-3-9-27-19/h1-10,17H,11,13H2/t17-/m1/s1. The molecule has 1 aliphatic rings. The van der Waals surface area contributed by atoms with Crippen LogP contribution in [0.1, 0.15) is 28.7 Å². The summed E-state index contributed by atoms with van der Waals surface area (Å²) < 4.78 is 11.1. The molecular weight excluding hydrogens is 362 g/mol. The van der Waals surface area contributed by atoms with Crippen molar-refractivity contribution in [2.45, 2.75) is 12.5 Å². The third-order valence-electron chi connectivity index (χ3n) is 4.17. The van der Waals surface area contributed by atoms with Crippen molar-refractivity contribution in [1.29, 1.82) is 5.26 Å². The molecule has 2 aromatic heterocycles. The summed E-state index contributed by atoms with van der Waals surface area (Å²) >= 11 is 1.59. The van der Waals surface area contributed by atoms with Crippen molar-refractivity contribution in [2.24, 2.45) is 5.10 Å². The number of rotatable bonds is 5. The lowest BCUT2D eigenvalue weighted by molar-refractivity contribution is -0.135. The fourth-order valence-corrected chi connectivity index (χ4v) is 3.62. The molecule has 3 heterocycles. The predicted molar refractivity (Wildman–Crippen MR) is 100 cm³/mol. The SMILES string of the molecule is N#Cc1cccc(OCC(=O)N2N=C(c3cccs3)C[C@@H]2c2ccco2)c1. The maximum atomic E-state index is 12.8. The maximum absolute atomic E-state index is 12.8. The quantitative estimate of drug-likeness (QED) is 0.674. The molecule has 0 N–H and O–H groups in total. The molecule has 0 unspecified atom stereocenters. The minimum absolute atomic E-state index is 0.173. The molecule has 1 aromatic carbocycles. The number of furan rings is 1. The zero-order chi connectivity index (χ0) is 18.6. The fourth-order valence-electron chi connectivity index (χ4n) is 2.90. The topological polar surface area (TPSA) is 78.8 Å². The van der Waals surface area contributed by atoms with Gasteiger partial charge in [0.2, 0.25) is 0 Å². The summed E-state index contributed by atoms with van der Waals surface area (Å²) in [4.78, 5) is 13.8. The van der Waals surface area contributed by atoms with Crippen molar-refractivity contribution in [3.05, 3.63) is 76.4 Å². The average Bonchev–Trinajstić information content (AvgIpc) is 3.46. The first kappa shape index (κ1) is 17.1. The van der Waals surface area contributed by atoms with Gasteiger partial charge in [0, 0.05) is 6.42 Å². The molecule has 1 amide bonds. The lowest BCUT2D eigenvalue weighted by Crippen LogP contribution is -2.31. The lowest BCUT2D eigenvalue weighted by Gasteiger charge is -2.20. The number of nitrogens with zero attached hydrogens (tertiary/aromatic N) is 3. The van der Waals surface area contributed by atoms with Crippen molar-refractivity contribution < 1.29 is 13.9 Å². The van der Waals surface area contributed by atoms with Crippen molar-refractivity contribution in [2.75, 3.05) is 6.61 Å². The van der Waals surface area contributed by atoms with Crippen LogP contribution in [0.15, 0.2) is 69.7 Å². The molecule has 0 saturated heterocycles. The van der Waals surface area contributed by atoms with Gasteiger partial charge in [-0.2, -0.15) is 10.4 Å². The highest BCUT2D eigenvalue weighted by Crippen LogP contribution is 2.34. The first-order valence-electron chi connectivity index (χ1n) is 8.34. The van der Waals surface area contributed by atoms with Gasteiger partial charge in [-0.3, -0.25) is 4.79 Å². The number of carbonyl (C=O) groups excluding carboxylic acids is 1. The predicted octanol–water partition coefficient (Wildman–Crippen LogP) is 3.97. The van der Waals surface area contributed by atoms with E-state index in [9.17, 15) is 4.79 Å². The number of carbonyl (C=O) groups is 1. The minimum Gasteiger partial charge on any atom is -0.484 e. The third-order valence-corrected chi connectivity index (χ3v) is 5.09. The van der Waals surface area contributed by atoms with Crippen LogP contribution in [0.3, 0.4) is 0 Å². The molecule has 1 aliphatic heterocycles. The number of hydrazone groups is 1. The second-order valence-electron chi connectivity index (χ2n) is 5.93. The van der Waals surface area contributed by atoms with Crippen LogP contribution < -0.4 is 4.74 Å². The minimum atomic E-state index is -0.293. The van der Waals surface area contributed by atoms with Gasteiger partial charge in [0.15, 0.2) is 6.61 Å². The van der Waals surface area contributed by atoms with Gasteiger partial charge in [-0.15, -0.1) is 11.3 Å². The van der Waals surface area contributed by atoms with Gasteiger partial charge >= 0.3 is 0 Å². The lowest BCUT2D eigenvalue weighted by atomic mass is 10.1. The summed E-state index contributed by atoms with van der Waals surface area (Å²) in [6, 6.07) is 16.0. The van der Waals surface area contributed by atoms with Crippen molar-refractivity contribution >= 4 is 23.0 Å². The number of thiophene rings is 1. The second kappa shape index (κ2) is 7.48. The number of hydrogen-bond acceptors (Lipinski definition) is 6. The monoisotopic (exact) mass is 377 g/mol. The molecule has 6 nitrogen and oxygen atoms in total. The summed E-state index contributed by atoms with van der Waals surface area (Å²) in [6.07, 6.45) is 2.18. The molecule has 3 aromatic rings. The summed E-state index contributed by atoms with van der Waals surface area (Å²) in [5, 5.41) is 16.9.